The number of piperidine rings is 1. The molecule has 132 valence electrons. The molecular weight excluding hydrogens is 325 g/mol. The third-order valence-corrected chi connectivity index (χ3v) is 4.74. The van der Waals surface area contributed by atoms with Gasteiger partial charge in [0.05, 0.1) is 6.04 Å². The minimum atomic E-state index is -0.377. The van der Waals surface area contributed by atoms with E-state index in [0.29, 0.717) is 6.04 Å². The normalized spacial score (nSPS) is 24.7. The second-order valence-corrected chi connectivity index (χ2v) is 6.00. The number of carbonyl (C=O) groups excluding carboxylic acids is 1. The van der Waals surface area contributed by atoms with Gasteiger partial charge in [0.25, 0.3) is 0 Å². The highest BCUT2D eigenvalue weighted by Gasteiger charge is 2.28. The van der Waals surface area contributed by atoms with Crippen molar-refractivity contribution in [3.8, 4) is 0 Å². The van der Waals surface area contributed by atoms with Gasteiger partial charge in [0.2, 0.25) is 5.91 Å². The lowest BCUT2D eigenvalue weighted by Crippen LogP contribution is -2.52. The number of nitrogens with one attached hydrogen (secondary N) is 1. The monoisotopic (exact) mass is 355 g/mol. The summed E-state index contributed by atoms with van der Waals surface area (Å²) in [6.45, 7) is 6.61. The van der Waals surface area contributed by atoms with Crippen LogP contribution in [-0.2, 0) is 9.53 Å². The molecular formula is C15H31Cl2N3O2. The van der Waals surface area contributed by atoms with Crippen molar-refractivity contribution in [1.82, 2.24) is 10.2 Å². The molecule has 0 aromatic rings. The van der Waals surface area contributed by atoms with Crippen LogP contribution in [0.15, 0.2) is 0 Å². The van der Waals surface area contributed by atoms with Crippen molar-refractivity contribution in [2.45, 2.75) is 51.1 Å². The van der Waals surface area contributed by atoms with E-state index in [0.717, 1.165) is 45.7 Å². The maximum atomic E-state index is 12.2. The van der Waals surface area contributed by atoms with Gasteiger partial charge >= 0.3 is 0 Å². The van der Waals surface area contributed by atoms with Crippen molar-refractivity contribution in [2.75, 3.05) is 32.8 Å². The molecule has 2 atom stereocenters. The smallest absolute Gasteiger partial charge is 0.237 e. The molecule has 2 saturated heterocycles. The van der Waals surface area contributed by atoms with Crippen LogP contribution in [0.25, 0.3) is 0 Å². The van der Waals surface area contributed by atoms with Gasteiger partial charge in [0, 0.05) is 25.8 Å². The van der Waals surface area contributed by atoms with E-state index in [1.165, 1.54) is 19.3 Å². The average molecular weight is 356 g/mol. The summed E-state index contributed by atoms with van der Waals surface area (Å²) < 4.78 is 5.32. The highest BCUT2D eigenvalue weighted by Crippen LogP contribution is 2.18. The Morgan fingerprint density at radius 2 is 1.95 bits per heavy atom. The Kier molecular flexibility index (Phi) is 11.4. The number of nitrogens with zero attached hydrogens (tertiary/aromatic N) is 1. The van der Waals surface area contributed by atoms with Crippen LogP contribution in [-0.4, -0.2) is 55.7 Å². The first-order chi connectivity index (χ1) is 9.72. The Morgan fingerprint density at radius 3 is 2.59 bits per heavy atom. The molecule has 0 aromatic carbocycles. The Hall–Kier alpha value is -0.0700. The molecule has 3 N–H and O–H groups in total. The van der Waals surface area contributed by atoms with Crippen molar-refractivity contribution < 1.29 is 9.53 Å². The van der Waals surface area contributed by atoms with Gasteiger partial charge in [-0.15, -0.1) is 24.8 Å². The summed E-state index contributed by atoms with van der Waals surface area (Å²) in [5.41, 5.74) is 6.09. The Labute approximate surface area is 146 Å². The molecule has 22 heavy (non-hydrogen) atoms. The Bertz CT molecular complexity index is 315. The van der Waals surface area contributed by atoms with Crippen LogP contribution in [0.2, 0.25) is 0 Å². The molecule has 2 unspecified atom stereocenters. The lowest BCUT2D eigenvalue weighted by Gasteiger charge is -2.35. The molecule has 0 radical (unpaired) electrons. The van der Waals surface area contributed by atoms with Gasteiger partial charge in [-0.3, -0.25) is 9.69 Å². The molecule has 0 aromatic heterocycles. The topological polar surface area (TPSA) is 67.6 Å². The molecule has 2 fully saturated rings. The first kappa shape index (κ1) is 21.9. The number of nitrogens with two attached hydrogens (primary N) is 1. The predicted octanol–water partition coefficient (Wildman–Crippen LogP) is 1.57. The second kappa shape index (κ2) is 11.5. The standard InChI is InChI=1S/C15H29N3O2.2ClH/c1-2-18-8-4-3-5-13(18)11-17-15(19)14(16)12-6-9-20-10-7-12;;/h12-14H,2-11,16H2,1H3,(H,17,19);2*1H. The van der Waals surface area contributed by atoms with Crippen LogP contribution < -0.4 is 11.1 Å². The summed E-state index contributed by atoms with van der Waals surface area (Å²) in [6, 6.07) is 0.108. The number of amides is 1. The molecule has 1 amide bonds. The van der Waals surface area contributed by atoms with Gasteiger partial charge in [-0.25, -0.2) is 0 Å². The number of hydrogen-bond donors (Lipinski definition) is 2. The van der Waals surface area contributed by atoms with Crippen LogP contribution in [0.3, 0.4) is 0 Å². The molecule has 0 saturated carbocycles. The Balaban J connectivity index is 0.00000220. The predicted molar refractivity (Wildman–Crippen MR) is 93.9 cm³/mol. The second-order valence-electron chi connectivity index (χ2n) is 6.00. The van der Waals surface area contributed by atoms with Crippen LogP contribution >= 0.6 is 24.8 Å². The quantitative estimate of drug-likeness (QED) is 0.785. The fourth-order valence-electron chi connectivity index (χ4n) is 3.33. The van der Waals surface area contributed by atoms with E-state index in [-0.39, 0.29) is 42.7 Å². The number of rotatable bonds is 5. The van der Waals surface area contributed by atoms with Gasteiger partial charge in [-0.05, 0) is 44.7 Å². The summed E-state index contributed by atoms with van der Waals surface area (Å²) in [5.74, 6) is 0.288. The Morgan fingerprint density at radius 1 is 1.27 bits per heavy atom. The third-order valence-electron chi connectivity index (χ3n) is 4.74. The zero-order chi connectivity index (χ0) is 14.4. The van der Waals surface area contributed by atoms with Crippen molar-refractivity contribution >= 4 is 30.7 Å². The lowest BCUT2D eigenvalue weighted by molar-refractivity contribution is -0.124. The largest absolute Gasteiger partial charge is 0.381 e. The van der Waals surface area contributed by atoms with E-state index in [1.807, 2.05) is 0 Å². The van der Waals surface area contributed by atoms with E-state index >= 15 is 0 Å². The van der Waals surface area contributed by atoms with Crippen LogP contribution in [0.4, 0.5) is 0 Å². The number of halogens is 2. The molecule has 2 aliphatic heterocycles. The van der Waals surface area contributed by atoms with E-state index in [4.69, 9.17) is 10.5 Å². The van der Waals surface area contributed by atoms with Crippen molar-refractivity contribution in [3.63, 3.8) is 0 Å². The van der Waals surface area contributed by atoms with Gasteiger partial charge < -0.3 is 15.8 Å². The number of ether oxygens (including phenoxy) is 1. The molecule has 0 bridgehead atoms. The first-order valence-corrected chi connectivity index (χ1v) is 8.07. The minimum Gasteiger partial charge on any atom is -0.381 e. The summed E-state index contributed by atoms with van der Waals surface area (Å²) in [4.78, 5) is 14.6. The lowest BCUT2D eigenvalue weighted by atomic mass is 9.91. The third kappa shape index (κ3) is 6.20. The van der Waals surface area contributed by atoms with Crippen LogP contribution in [0, 0.1) is 5.92 Å². The van der Waals surface area contributed by atoms with Gasteiger partial charge in [0.15, 0.2) is 0 Å². The maximum Gasteiger partial charge on any atom is 0.237 e. The fraction of sp³-hybridized carbons (Fsp3) is 0.933. The highest BCUT2D eigenvalue weighted by atomic mass is 35.5. The van der Waals surface area contributed by atoms with Crippen molar-refractivity contribution in [2.24, 2.45) is 11.7 Å². The minimum absolute atomic E-state index is 0. The molecule has 0 aliphatic carbocycles. The summed E-state index contributed by atoms with van der Waals surface area (Å²) in [7, 11) is 0. The van der Waals surface area contributed by atoms with E-state index < -0.39 is 0 Å². The highest BCUT2D eigenvalue weighted by molar-refractivity contribution is 5.85. The van der Waals surface area contributed by atoms with E-state index in [1.54, 1.807) is 0 Å². The molecule has 2 heterocycles. The summed E-state index contributed by atoms with van der Waals surface area (Å²) in [6.07, 6.45) is 5.53. The van der Waals surface area contributed by atoms with E-state index in [9.17, 15) is 4.79 Å². The van der Waals surface area contributed by atoms with Gasteiger partial charge in [0.1, 0.15) is 0 Å². The molecule has 0 spiro atoms. The fourth-order valence-corrected chi connectivity index (χ4v) is 3.33. The van der Waals surface area contributed by atoms with Gasteiger partial charge in [-0.2, -0.15) is 0 Å². The van der Waals surface area contributed by atoms with Crippen molar-refractivity contribution in [3.05, 3.63) is 0 Å². The molecule has 2 aliphatic rings. The summed E-state index contributed by atoms with van der Waals surface area (Å²) in [5, 5.41) is 3.07. The average Bonchev–Trinajstić information content (AvgIpc) is 2.53. The number of carbonyl (C=O) groups is 1. The van der Waals surface area contributed by atoms with E-state index in [2.05, 4.69) is 17.1 Å². The number of likely N-dealkylation sites (tertiary alicyclic amines) is 1. The zero-order valence-corrected chi connectivity index (χ0v) is 15.1. The number of likely N-dealkylation sites (N-methyl/N-ethyl adjacent to an activating group) is 1. The molecule has 5 nitrogen and oxygen atoms in total. The van der Waals surface area contributed by atoms with Crippen molar-refractivity contribution in [1.29, 1.82) is 0 Å². The maximum absolute atomic E-state index is 12.2. The van der Waals surface area contributed by atoms with Crippen LogP contribution in [0.1, 0.15) is 39.0 Å². The first-order valence-electron chi connectivity index (χ1n) is 8.07. The molecule has 7 heteroatoms. The van der Waals surface area contributed by atoms with Gasteiger partial charge in [-0.1, -0.05) is 13.3 Å². The molecule has 2 rings (SSSR count). The SMILES string of the molecule is CCN1CCCCC1CNC(=O)C(N)C1CCOCC1.Cl.Cl. The zero-order valence-electron chi connectivity index (χ0n) is 13.5. The van der Waals surface area contributed by atoms with Crippen LogP contribution in [0.5, 0.6) is 0 Å². The summed E-state index contributed by atoms with van der Waals surface area (Å²) >= 11 is 0. The number of hydrogen-bond acceptors (Lipinski definition) is 4.